The summed E-state index contributed by atoms with van der Waals surface area (Å²) in [5.41, 5.74) is 2.76. The van der Waals surface area contributed by atoms with Gasteiger partial charge in [0.1, 0.15) is 16.8 Å². The second-order valence-electron chi connectivity index (χ2n) is 14.5. The van der Waals surface area contributed by atoms with Crippen LogP contribution in [0.3, 0.4) is 0 Å². The van der Waals surface area contributed by atoms with E-state index in [0.29, 0.717) is 25.4 Å². The lowest BCUT2D eigenvalue weighted by Gasteiger charge is -2.34. The molecule has 1 saturated heterocycles. The van der Waals surface area contributed by atoms with E-state index >= 15 is 0 Å². The second kappa shape index (κ2) is 18.4. The number of nitrogens with zero attached hydrogens (tertiary/aromatic N) is 4. The molecule has 1 aliphatic heterocycles. The summed E-state index contributed by atoms with van der Waals surface area (Å²) in [4.78, 5) is 37.8. The normalized spacial score (nSPS) is 15.3. The number of aliphatic hydroxyl groups is 1. The number of ether oxygens (including phenoxy) is 1. The van der Waals surface area contributed by atoms with Gasteiger partial charge in [0, 0.05) is 36.6 Å². The van der Waals surface area contributed by atoms with E-state index in [1.165, 1.54) is 23.5 Å². The van der Waals surface area contributed by atoms with Gasteiger partial charge in [-0.05, 0) is 54.5 Å². The fourth-order valence-corrected chi connectivity index (χ4v) is 9.45. The Kier molecular flexibility index (Phi) is 13.9. The molecule has 0 unspecified atom stereocenters. The van der Waals surface area contributed by atoms with Gasteiger partial charge in [0.15, 0.2) is 0 Å². The highest BCUT2D eigenvalue weighted by Crippen LogP contribution is 2.30. The van der Waals surface area contributed by atoms with Crippen LogP contribution in [-0.4, -0.2) is 96.0 Å². The molecule has 0 saturated carbocycles. The maximum absolute atomic E-state index is 14.3. The molecule has 290 valence electrons. The van der Waals surface area contributed by atoms with E-state index in [0.717, 1.165) is 33.1 Å². The minimum absolute atomic E-state index is 0.0375. The van der Waals surface area contributed by atoms with E-state index in [4.69, 9.17) is 9.72 Å². The van der Waals surface area contributed by atoms with Crippen LogP contribution in [0, 0.1) is 11.8 Å². The van der Waals surface area contributed by atoms with Crippen LogP contribution >= 0.6 is 11.3 Å². The second-order valence-corrected chi connectivity index (χ2v) is 17.5. The molecule has 3 atom stereocenters. The van der Waals surface area contributed by atoms with E-state index in [2.05, 4.69) is 12.2 Å². The zero-order valence-electron chi connectivity index (χ0n) is 32.0. The van der Waals surface area contributed by atoms with E-state index in [9.17, 15) is 23.1 Å². The average molecular weight is 776 g/mol. The number of benzene rings is 3. The quantitative estimate of drug-likeness (QED) is 0.125. The van der Waals surface area contributed by atoms with Gasteiger partial charge in [0.2, 0.25) is 15.9 Å². The minimum atomic E-state index is -4.01. The predicted octanol–water partition coefficient (Wildman–Crippen LogP) is 6.08. The van der Waals surface area contributed by atoms with Crippen LogP contribution in [0.15, 0.2) is 89.8 Å². The molecule has 4 aromatic rings. The van der Waals surface area contributed by atoms with Gasteiger partial charge < -0.3 is 25.0 Å². The Balaban J connectivity index is 1.35. The standard InChI is InChI=1S/C41H53N5O6S2/c1-7-37-35(43-40(53-37)31-16-12-9-13-17-31)26-44-22-23-46(41(44)49)38(29(4)5)39(48)42-34(24-30-14-10-8-11-15-30)36(47)27-45(25-28(2)3)54(50,51)33-20-18-32(52-6)19-21-33/h8-21,28-29,34,36,38,47H,7,22-27H2,1-6H3,(H,42,48)/t34-,36-,38-/m0/s1. The van der Waals surface area contributed by atoms with E-state index in [1.807, 2.05) is 88.4 Å². The lowest BCUT2D eigenvalue weighted by atomic mass is 9.97. The smallest absolute Gasteiger partial charge is 0.321 e. The van der Waals surface area contributed by atoms with Gasteiger partial charge in [0.25, 0.3) is 0 Å². The number of carbonyl (C=O) groups excluding carboxylic acids is 2. The molecule has 13 heteroatoms. The molecule has 3 aromatic carbocycles. The van der Waals surface area contributed by atoms with Gasteiger partial charge >= 0.3 is 6.03 Å². The predicted molar refractivity (Wildman–Crippen MR) is 213 cm³/mol. The average Bonchev–Trinajstić information content (AvgIpc) is 3.74. The number of rotatable bonds is 18. The molecule has 2 heterocycles. The molecular weight excluding hydrogens is 723 g/mol. The number of nitrogens with one attached hydrogen (secondary N) is 1. The number of aromatic nitrogens is 1. The Morgan fingerprint density at radius 3 is 2.20 bits per heavy atom. The number of thiazole rings is 1. The molecule has 0 spiro atoms. The minimum Gasteiger partial charge on any atom is -0.497 e. The van der Waals surface area contributed by atoms with Crippen molar-refractivity contribution in [2.24, 2.45) is 11.8 Å². The number of hydrogen-bond acceptors (Lipinski definition) is 8. The van der Waals surface area contributed by atoms with Gasteiger partial charge in [-0.1, -0.05) is 95.3 Å². The zero-order chi connectivity index (χ0) is 39.0. The zero-order valence-corrected chi connectivity index (χ0v) is 33.6. The first-order valence-electron chi connectivity index (χ1n) is 18.6. The number of carbonyl (C=O) groups is 2. The molecule has 1 aliphatic rings. The topological polar surface area (TPSA) is 132 Å². The third-order valence-electron chi connectivity index (χ3n) is 9.57. The molecule has 0 radical (unpaired) electrons. The highest BCUT2D eigenvalue weighted by molar-refractivity contribution is 7.89. The molecule has 54 heavy (non-hydrogen) atoms. The van der Waals surface area contributed by atoms with E-state index in [-0.39, 0.29) is 42.3 Å². The Hall–Kier alpha value is -4.30. The van der Waals surface area contributed by atoms with Crippen molar-refractivity contribution in [3.8, 4) is 16.3 Å². The van der Waals surface area contributed by atoms with Crippen LogP contribution in [0.1, 0.15) is 50.8 Å². The Labute approximate surface area is 324 Å². The lowest BCUT2D eigenvalue weighted by Crippen LogP contribution is -2.57. The largest absolute Gasteiger partial charge is 0.497 e. The fraction of sp³-hybridized carbons (Fsp3) is 0.439. The van der Waals surface area contributed by atoms with Gasteiger partial charge in [-0.15, -0.1) is 11.3 Å². The van der Waals surface area contributed by atoms with Crippen molar-refractivity contribution in [3.05, 3.63) is 101 Å². The first-order valence-corrected chi connectivity index (χ1v) is 20.8. The van der Waals surface area contributed by atoms with Crippen molar-refractivity contribution in [2.75, 3.05) is 33.3 Å². The summed E-state index contributed by atoms with van der Waals surface area (Å²) in [6.45, 7) is 10.8. The first-order chi connectivity index (χ1) is 25.8. The number of sulfonamides is 1. The third-order valence-corrected chi connectivity index (χ3v) is 12.7. The SMILES string of the molecule is CCc1sc(-c2ccccc2)nc1CN1CCN([C@H](C(=O)N[C@@H](Cc2ccccc2)[C@@H](O)CN(CC(C)C)S(=O)(=O)c2ccc(OC)cc2)C(C)C)C1=O. The summed E-state index contributed by atoms with van der Waals surface area (Å²) in [5.74, 6) is -0.154. The molecule has 0 aliphatic carbocycles. The van der Waals surface area contributed by atoms with E-state index in [1.54, 1.807) is 33.3 Å². The van der Waals surface area contributed by atoms with Gasteiger partial charge in [-0.3, -0.25) is 4.79 Å². The van der Waals surface area contributed by atoms with Crippen LogP contribution in [0.2, 0.25) is 0 Å². The molecule has 11 nitrogen and oxygen atoms in total. The van der Waals surface area contributed by atoms with Gasteiger partial charge in [-0.2, -0.15) is 4.31 Å². The van der Waals surface area contributed by atoms with Gasteiger partial charge in [-0.25, -0.2) is 18.2 Å². The Morgan fingerprint density at radius 1 is 0.963 bits per heavy atom. The summed E-state index contributed by atoms with van der Waals surface area (Å²) >= 11 is 1.64. The first kappa shape index (κ1) is 40.9. The maximum Gasteiger partial charge on any atom is 0.321 e. The number of hydrogen-bond donors (Lipinski definition) is 2. The van der Waals surface area contributed by atoms with Crippen LogP contribution in [-0.2, 0) is 34.2 Å². The molecule has 1 aromatic heterocycles. The van der Waals surface area contributed by atoms with E-state index < -0.39 is 34.1 Å². The highest BCUT2D eigenvalue weighted by atomic mass is 32.2. The van der Waals surface area contributed by atoms with Gasteiger partial charge in [0.05, 0.1) is 36.4 Å². The Bertz CT molecular complexity index is 1940. The number of urea groups is 1. The van der Waals surface area contributed by atoms with Crippen molar-refractivity contribution in [2.45, 2.75) is 77.1 Å². The van der Waals surface area contributed by atoms with Crippen molar-refractivity contribution >= 4 is 33.3 Å². The third kappa shape index (κ3) is 9.86. The number of methoxy groups -OCH3 is 1. The summed E-state index contributed by atoms with van der Waals surface area (Å²) in [6.07, 6.45) is -0.219. The Morgan fingerprint density at radius 2 is 1.61 bits per heavy atom. The number of aryl methyl sites for hydroxylation is 1. The van der Waals surface area contributed by atoms with Crippen LogP contribution in [0.4, 0.5) is 4.79 Å². The number of aliphatic hydroxyl groups excluding tert-OH is 1. The summed E-state index contributed by atoms with van der Waals surface area (Å²) < 4.78 is 34.3. The van der Waals surface area contributed by atoms with Crippen molar-refractivity contribution in [3.63, 3.8) is 0 Å². The monoisotopic (exact) mass is 775 g/mol. The fourth-order valence-electron chi connectivity index (χ4n) is 6.81. The molecular formula is C41H53N5O6S2. The summed E-state index contributed by atoms with van der Waals surface area (Å²) in [5, 5.41) is 15.8. The van der Waals surface area contributed by atoms with Crippen molar-refractivity contribution < 1.29 is 27.9 Å². The van der Waals surface area contributed by atoms with Crippen molar-refractivity contribution in [1.29, 1.82) is 0 Å². The number of amides is 3. The summed E-state index contributed by atoms with van der Waals surface area (Å²) in [7, 11) is -2.50. The molecule has 3 amide bonds. The molecule has 1 fully saturated rings. The molecule has 0 bridgehead atoms. The summed E-state index contributed by atoms with van der Waals surface area (Å²) in [6, 6.07) is 23.7. The maximum atomic E-state index is 14.3. The van der Waals surface area contributed by atoms with Crippen LogP contribution in [0.25, 0.3) is 10.6 Å². The highest BCUT2D eigenvalue weighted by Gasteiger charge is 2.41. The van der Waals surface area contributed by atoms with Crippen LogP contribution < -0.4 is 10.1 Å². The molecule has 2 N–H and O–H groups in total. The van der Waals surface area contributed by atoms with Crippen LogP contribution in [0.5, 0.6) is 5.75 Å². The molecule has 5 rings (SSSR count). The van der Waals surface area contributed by atoms with Crippen molar-refractivity contribution in [1.82, 2.24) is 24.4 Å². The lowest BCUT2D eigenvalue weighted by molar-refractivity contribution is -0.128.